The molecule has 1 N–H and O–H groups in total. The first-order valence-electron chi connectivity index (χ1n) is 7.06. The minimum absolute atomic E-state index is 0.431. The van der Waals surface area contributed by atoms with Gasteiger partial charge in [0.05, 0.1) is 0 Å². The molecule has 3 rings (SSSR count). The highest BCUT2D eigenvalue weighted by Crippen LogP contribution is 2.20. The van der Waals surface area contributed by atoms with Gasteiger partial charge in [-0.15, -0.1) is 0 Å². The predicted octanol–water partition coefficient (Wildman–Crippen LogP) is 3.60. The molecule has 1 atom stereocenters. The van der Waals surface area contributed by atoms with Gasteiger partial charge in [-0.25, -0.2) is 0 Å². The van der Waals surface area contributed by atoms with Crippen LogP contribution in [0.4, 0.5) is 0 Å². The fourth-order valence-corrected chi connectivity index (χ4v) is 2.98. The number of nitrogens with one attached hydrogen (secondary N) is 1. The largest absolute Gasteiger partial charge is 0.308 e. The van der Waals surface area contributed by atoms with Gasteiger partial charge in [-0.3, -0.25) is 4.90 Å². The van der Waals surface area contributed by atoms with Crippen molar-refractivity contribution < 1.29 is 0 Å². The van der Waals surface area contributed by atoms with Gasteiger partial charge in [-0.05, 0) is 23.3 Å². The summed E-state index contributed by atoms with van der Waals surface area (Å²) in [6.07, 6.45) is 0. The van der Waals surface area contributed by atoms with E-state index >= 15 is 0 Å². The summed E-state index contributed by atoms with van der Waals surface area (Å²) in [7, 11) is 0. The van der Waals surface area contributed by atoms with Crippen molar-refractivity contribution in [3.63, 3.8) is 0 Å². The monoisotopic (exact) mass is 330 g/mol. The van der Waals surface area contributed by atoms with Crippen molar-refractivity contribution in [3.05, 3.63) is 70.2 Å². The SMILES string of the molecule is Brc1ccc(C2CN(Cc3ccccc3)CCN2)cc1. The number of hydrogen-bond donors (Lipinski definition) is 1. The first-order chi connectivity index (χ1) is 9.81. The Labute approximate surface area is 128 Å². The normalized spacial score (nSPS) is 19.9. The van der Waals surface area contributed by atoms with Gasteiger partial charge in [-0.2, -0.15) is 0 Å². The summed E-state index contributed by atoms with van der Waals surface area (Å²) in [5, 5.41) is 3.61. The van der Waals surface area contributed by atoms with Crippen LogP contribution >= 0.6 is 15.9 Å². The third kappa shape index (κ3) is 3.48. The van der Waals surface area contributed by atoms with Crippen LogP contribution in [0.5, 0.6) is 0 Å². The Morgan fingerprint density at radius 1 is 1.05 bits per heavy atom. The fraction of sp³-hybridized carbons (Fsp3) is 0.294. The summed E-state index contributed by atoms with van der Waals surface area (Å²) < 4.78 is 1.14. The van der Waals surface area contributed by atoms with E-state index in [1.807, 2.05) is 0 Å². The minimum Gasteiger partial charge on any atom is -0.308 e. The number of halogens is 1. The first-order valence-corrected chi connectivity index (χ1v) is 7.86. The standard InChI is InChI=1S/C17H19BrN2/c18-16-8-6-15(7-9-16)17-13-20(11-10-19-17)12-14-4-2-1-3-5-14/h1-9,17,19H,10-13H2. The lowest BCUT2D eigenvalue weighted by Crippen LogP contribution is -2.45. The Hall–Kier alpha value is -1.16. The van der Waals surface area contributed by atoms with E-state index in [-0.39, 0.29) is 0 Å². The van der Waals surface area contributed by atoms with Gasteiger partial charge in [0.1, 0.15) is 0 Å². The van der Waals surface area contributed by atoms with Gasteiger partial charge >= 0.3 is 0 Å². The second-order valence-electron chi connectivity index (χ2n) is 5.28. The van der Waals surface area contributed by atoms with Gasteiger partial charge < -0.3 is 5.32 Å². The Morgan fingerprint density at radius 2 is 1.80 bits per heavy atom. The number of hydrogen-bond acceptors (Lipinski definition) is 2. The second kappa shape index (κ2) is 6.53. The molecule has 2 aromatic rings. The molecule has 1 unspecified atom stereocenters. The van der Waals surface area contributed by atoms with Crippen LogP contribution < -0.4 is 5.32 Å². The van der Waals surface area contributed by atoms with Crippen LogP contribution in [0.15, 0.2) is 59.1 Å². The Balaban J connectivity index is 1.66. The average molecular weight is 331 g/mol. The molecule has 0 radical (unpaired) electrons. The van der Waals surface area contributed by atoms with Crippen LogP contribution in [0.25, 0.3) is 0 Å². The summed E-state index contributed by atoms with van der Waals surface area (Å²) in [5.74, 6) is 0. The zero-order chi connectivity index (χ0) is 13.8. The predicted molar refractivity (Wildman–Crippen MR) is 86.6 cm³/mol. The van der Waals surface area contributed by atoms with Crippen LogP contribution in [0.3, 0.4) is 0 Å². The molecule has 104 valence electrons. The molecule has 1 saturated heterocycles. The molecule has 1 aliphatic heterocycles. The van der Waals surface area contributed by atoms with E-state index in [2.05, 4.69) is 80.7 Å². The quantitative estimate of drug-likeness (QED) is 0.925. The molecular formula is C17H19BrN2. The van der Waals surface area contributed by atoms with Gasteiger partial charge in [-0.1, -0.05) is 58.4 Å². The molecule has 0 saturated carbocycles. The van der Waals surface area contributed by atoms with Crippen molar-refractivity contribution in [1.29, 1.82) is 0 Å². The van der Waals surface area contributed by atoms with Crippen molar-refractivity contribution in [1.82, 2.24) is 10.2 Å². The molecule has 1 heterocycles. The van der Waals surface area contributed by atoms with Crippen molar-refractivity contribution in [2.24, 2.45) is 0 Å². The van der Waals surface area contributed by atoms with Crippen molar-refractivity contribution in [3.8, 4) is 0 Å². The summed E-state index contributed by atoms with van der Waals surface area (Å²) in [4.78, 5) is 2.53. The number of nitrogens with zero attached hydrogens (tertiary/aromatic N) is 1. The van der Waals surface area contributed by atoms with E-state index in [0.29, 0.717) is 6.04 Å². The lowest BCUT2D eigenvalue weighted by Gasteiger charge is -2.34. The fourth-order valence-electron chi connectivity index (χ4n) is 2.71. The van der Waals surface area contributed by atoms with Gasteiger partial charge in [0.15, 0.2) is 0 Å². The molecule has 0 aromatic heterocycles. The zero-order valence-electron chi connectivity index (χ0n) is 11.4. The molecular weight excluding hydrogens is 312 g/mol. The first kappa shape index (κ1) is 13.8. The lowest BCUT2D eigenvalue weighted by molar-refractivity contribution is 0.193. The van der Waals surface area contributed by atoms with Crippen LogP contribution in [-0.4, -0.2) is 24.5 Å². The smallest absolute Gasteiger partial charge is 0.0449 e. The highest BCUT2D eigenvalue weighted by Gasteiger charge is 2.20. The minimum atomic E-state index is 0.431. The van der Waals surface area contributed by atoms with Crippen molar-refractivity contribution >= 4 is 15.9 Å². The molecule has 0 spiro atoms. The van der Waals surface area contributed by atoms with Crippen LogP contribution in [0.2, 0.25) is 0 Å². The Bertz CT molecular complexity index is 539. The summed E-state index contributed by atoms with van der Waals surface area (Å²) in [6, 6.07) is 19.8. The third-order valence-corrected chi connectivity index (χ3v) is 4.31. The van der Waals surface area contributed by atoms with Gasteiger partial charge in [0.2, 0.25) is 0 Å². The topological polar surface area (TPSA) is 15.3 Å². The van der Waals surface area contributed by atoms with Gasteiger partial charge in [0.25, 0.3) is 0 Å². The van der Waals surface area contributed by atoms with E-state index in [1.165, 1.54) is 11.1 Å². The lowest BCUT2D eigenvalue weighted by atomic mass is 10.0. The molecule has 20 heavy (non-hydrogen) atoms. The molecule has 1 aliphatic rings. The van der Waals surface area contributed by atoms with Gasteiger partial charge in [0, 0.05) is 36.7 Å². The maximum atomic E-state index is 3.61. The number of piperazine rings is 1. The zero-order valence-corrected chi connectivity index (χ0v) is 13.0. The van der Waals surface area contributed by atoms with E-state index < -0.39 is 0 Å². The van der Waals surface area contributed by atoms with E-state index in [1.54, 1.807) is 0 Å². The van der Waals surface area contributed by atoms with E-state index in [9.17, 15) is 0 Å². The molecule has 1 fully saturated rings. The highest BCUT2D eigenvalue weighted by atomic mass is 79.9. The molecule has 0 bridgehead atoms. The molecule has 2 nitrogen and oxygen atoms in total. The second-order valence-corrected chi connectivity index (χ2v) is 6.19. The van der Waals surface area contributed by atoms with Crippen molar-refractivity contribution in [2.75, 3.05) is 19.6 Å². The molecule has 2 aromatic carbocycles. The Morgan fingerprint density at radius 3 is 2.55 bits per heavy atom. The maximum absolute atomic E-state index is 3.61. The van der Waals surface area contributed by atoms with Crippen LogP contribution in [0.1, 0.15) is 17.2 Å². The average Bonchev–Trinajstić information content (AvgIpc) is 2.49. The Kier molecular flexibility index (Phi) is 4.51. The van der Waals surface area contributed by atoms with Crippen molar-refractivity contribution in [2.45, 2.75) is 12.6 Å². The summed E-state index contributed by atoms with van der Waals surface area (Å²) in [5.41, 5.74) is 2.76. The third-order valence-electron chi connectivity index (χ3n) is 3.78. The molecule has 0 aliphatic carbocycles. The molecule has 3 heteroatoms. The summed E-state index contributed by atoms with van der Waals surface area (Å²) >= 11 is 3.49. The van der Waals surface area contributed by atoms with E-state index in [0.717, 1.165) is 30.7 Å². The van der Waals surface area contributed by atoms with Crippen LogP contribution in [0, 0.1) is 0 Å². The van der Waals surface area contributed by atoms with Crippen LogP contribution in [-0.2, 0) is 6.54 Å². The maximum Gasteiger partial charge on any atom is 0.0449 e. The molecule has 0 amide bonds. The highest BCUT2D eigenvalue weighted by molar-refractivity contribution is 9.10. The number of rotatable bonds is 3. The van der Waals surface area contributed by atoms with E-state index in [4.69, 9.17) is 0 Å². The summed E-state index contributed by atoms with van der Waals surface area (Å²) in [6.45, 7) is 4.27. The number of benzene rings is 2.